The highest BCUT2D eigenvalue weighted by atomic mass is 16.6. The number of ether oxygens (including phenoxy) is 1. The average Bonchev–Trinajstić information content (AvgIpc) is 3.26. The minimum atomic E-state index is -0.955. The highest BCUT2D eigenvalue weighted by Crippen LogP contribution is 2.41. The maximum atomic E-state index is 12.6. The molecule has 36 heavy (non-hydrogen) atoms. The molecule has 1 amide bonds. The molecule has 4 rings (SSSR count). The van der Waals surface area contributed by atoms with Crippen molar-refractivity contribution in [2.45, 2.75) is 0 Å². The van der Waals surface area contributed by atoms with Gasteiger partial charge in [0.2, 0.25) is 5.88 Å². The molecule has 0 atom stereocenters. The Kier molecular flexibility index (Phi) is 6.74. The van der Waals surface area contributed by atoms with Crippen LogP contribution in [0.3, 0.4) is 0 Å². The van der Waals surface area contributed by atoms with Gasteiger partial charge in [0.05, 0.1) is 10.5 Å². The van der Waals surface area contributed by atoms with Gasteiger partial charge in [0.1, 0.15) is 23.1 Å². The summed E-state index contributed by atoms with van der Waals surface area (Å²) in [5.74, 6) is -1.43. The minimum Gasteiger partial charge on any atom is -0.452 e. The number of esters is 1. The maximum Gasteiger partial charge on any atom is 0.338 e. The average molecular weight is 482 g/mol. The number of nitro groups is 1. The molecular weight excluding hydrogens is 464 g/mol. The van der Waals surface area contributed by atoms with E-state index in [-0.39, 0.29) is 22.7 Å². The van der Waals surface area contributed by atoms with Crippen molar-refractivity contribution in [2.24, 2.45) is 0 Å². The van der Waals surface area contributed by atoms with Crippen LogP contribution in [-0.4, -0.2) is 23.4 Å². The van der Waals surface area contributed by atoms with E-state index >= 15 is 0 Å². The van der Waals surface area contributed by atoms with E-state index in [0.717, 1.165) is 6.07 Å². The quantitative estimate of drug-likeness (QED) is 0.165. The molecule has 1 heterocycles. The number of nitriles is 1. The first-order valence-electron chi connectivity index (χ1n) is 10.6. The smallest absolute Gasteiger partial charge is 0.338 e. The van der Waals surface area contributed by atoms with Gasteiger partial charge in [-0.25, -0.2) is 4.79 Å². The van der Waals surface area contributed by atoms with Crippen LogP contribution >= 0.6 is 0 Å². The number of nitrogens with one attached hydrogen (secondary N) is 1. The van der Waals surface area contributed by atoms with Crippen molar-refractivity contribution < 1.29 is 23.7 Å². The van der Waals surface area contributed by atoms with E-state index in [0.29, 0.717) is 22.5 Å². The third-order valence-electron chi connectivity index (χ3n) is 5.17. The zero-order valence-corrected chi connectivity index (χ0v) is 18.6. The number of amides is 1. The summed E-state index contributed by atoms with van der Waals surface area (Å²) in [6.07, 6.45) is 0. The Labute approximate surface area is 204 Å². The number of carbonyl (C=O) groups is 2. The lowest BCUT2D eigenvalue weighted by atomic mass is 9.98. The van der Waals surface area contributed by atoms with E-state index in [1.165, 1.54) is 12.1 Å². The van der Waals surface area contributed by atoms with Crippen molar-refractivity contribution in [1.82, 2.24) is 0 Å². The zero-order valence-electron chi connectivity index (χ0n) is 18.6. The Morgan fingerprint density at radius 1 is 1.03 bits per heavy atom. The number of carbonyl (C=O) groups excluding carboxylic acids is 2. The van der Waals surface area contributed by atoms with Gasteiger partial charge in [-0.05, 0) is 17.7 Å². The zero-order chi connectivity index (χ0) is 25.7. The number of anilines is 2. The molecule has 0 saturated carbocycles. The van der Waals surface area contributed by atoms with Gasteiger partial charge in [-0.3, -0.25) is 20.2 Å². The summed E-state index contributed by atoms with van der Waals surface area (Å²) in [6, 6.07) is 23.7. The van der Waals surface area contributed by atoms with Gasteiger partial charge >= 0.3 is 5.97 Å². The van der Waals surface area contributed by atoms with Gasteiger partial charge in [-0.15, -0.1) is 0 Å². The van der Waals surface area contributed by atoms with Crippen LogP contribution in [0.5, 0.6) is 0 Å². The van der Waals surface area contributed by atoms with Crippen LogP contribution in [0.1, 0.15) is 15.9 Å². The first kappa shape index (κ1) is 23.7. The predicted molar refractivity (Wildman–Crippen MR) is 131 cm³/mol. The molecule has 3 N–H and O–H groups in total. The van der Waals surface area contributed by atoms with Gasteiger partial charge < -0.3 is 14.9 Å². The normalized spacial score (nSPS) is 10.3. The van der Waals surface area contributed by atoms with E-state index < -0.39 is 29.1 Å². The first-order chi connectivity index (χ1) is 17.4. The summed E-state index contributed by atoms with van der Waals surface area (Å²) in [5.41, 5.74) is 6.85. The van der Waals surface area contributed by atoms with Gasteiger partial charge in [-0.2, -0.15) is 5.26 Å². The van der Waals surface area contributed by atoms with Crippen molar-refractivity contribution in [3.8, 4) is 28.5 Å². The van der Waals surface area contributed by atoms with Gasteiger partial charge in [-0.1, -0.05) is 60.7 Å². The highest BCUT2D eigenvalue weighted by Gasteiger charge is 2.25. The van der Waals surface area contributed by atoms with E-state index in [9.17, 15) is 25.0 Å². The number of nitrogens with two attached hydrogens (primary N) is 1. The van der Waals surface area contributed by atoms with E-state index in [1.807, 2.05) is 60.7 Å². The Morgan fingerprint density at radius 2 is 1.67 bits per heavy atom. The lowest BCUT2D eigenvalue weighted by Crippen LogP contribution is -2.21. The number of hydrogen-bond donors (Lipinski definition) is 2. The topological polar surface area (TPSA) is 161 Å². The summed E-state index contributed by atoms with van der Waals surface area (Å²) >= 11 is 0. The second kappa shape index (κ2) is 10.2. The standard InChI is InChI=1S/C26H18N4O6/c27-14-19-23(16-7-3-1-4-8-16)24(17-9-5-2-6-10-17)36-25(19)29-22(31)15-35-26(32)18-11-12-20(28)21(13-18)30(33)34/h1-13H,15,28H2,(H,29,31). The molecule has 0 unspecified atom stereocenters. The van der Waals surface area contributed by atoms with Crippen LogP contribution in [0.15, 0.2) is 83.3 Å². The number of hydrogen-bond acceptors (Lipinski definition) is 8. The monoisotopic (exact) mass is 482 g/mol. The summed E-state index contributed by atoms with van der Waals surface area (Å²) in [4.78, 5) is 35.2. The predicted octanol–water partition coefficient (Wildman–Crippen LogP) is 4.77. The Bertz CT molecular complexity index is 1490. The molecule has 10 heteroatoms. The molecular formula is C26H18N4O6. The molecule has 0 aliphatic carbocycles. The Morgan fingerprint density at radius 3 is 2.28 bits per heavy atom. The second-order valence-electron chi connectivity index (χ2n) is 7.51. The molecule has 0 spiro atoms. The third-order valence-corrected chi connectivity index (χ3v) is 5.17. The molecule has 0 aliphatic heterocycles. The van der Waals surface area contributed by atoms with Crippen molar-refractivity contribution in [2.75, 3.05) is 17.7 Å². The SMILES string of the molecule is N#Cc1c(NC(=O)COC(=O)c2ccc(N)c([N+](=O)[O-])c2)oc(-c2ccccc2)c1-c1ccccc1. The third kappa shape index (κ3) is 4.90. The fourth-order valence-corrected chi connectivity index (χ4v) is 3.50. The lowest BCUT2D eigenvalue weighted by molar-refractivity contribution is -0.383. The summed E-state index contributed by atoms with van der Waals surface area (Å²) in [5, 5.41) is 23.4. The van der Waals surface area contributed by atoms with Gasteiger partial charge in [0, 0.05) is 17.2 Å². The molecule has 0 aliphatic rings. The fourth-order valence-electron chi connectivity index (χ4n) is 3.50. The molecule has 1 aromatic heterocycles. The van der Waals surface area contributed by atoms with Crippen LogP contribution in [-0.2, 0) is 9.53 Å². The molecule has 0 radical (unpaired) electrons. The summed E-state index contributed by atoms with van der Waals surface area (Å²) < 4.78 is 10.9. The van der Waals surface area contributed by atoms with E-state index in [2.05, 4.69) is 11.4 Å². The number of rotatable bonds is 7. The van der Waals surface area contributed by atoms with Gasteiger partial charge in [0.25, 0.3) is 11.6 Å². The number of nitro benzene ring substituents is 1. The molecule has 10 nitrogen and oxygen atoms in total. The number of furan rings is 1. The van der Waals surface area contributed by atoms with Crippen LogP contribution < -0.4 is 11.1 Å². The number of nitrogens with zero attached hydrogens (tertiary/aromatic N) is 2. The molecule has 3 aromatic carbocycles. The molecule has 0 saturated heterocycles. The van der Waals surface area contributed by atoms with Gasteiger partial charge in [0.15, 0.2) is 6.61 Å². The van der Waals surface area contributed by atoms with Crippen LogP contribution in [0, 0.1) is 21.4 Å². The first-order valence-corrected chi connectivity index (χ1v) is 10.6. The molecule has 4 aromatic rings. The number of nitrogen functional groups attached to an aromatic ring is 1. The van der Waals surface area contributed by atoms with Crippen molar-refractivity contribution in [3.63, 3.8) is 0 Å². The van der Waals surface area contributed by atoms with E-state index in [4.69, 9.17) is 14.9 Å². The number of benzene rings is 3. The minimum absolute atomic E-state index is 0.0978. The van der Waals surface area contributed by atoms with Crippen molar-refractivity contribution in [1.29, 1.82) is 5.26 Å². The Hall–Kier alpha value is -5.43. The summed E-state index contributed by atoms with van der Waals surface area (Å²) in [7, 11) is 0. The second-order valence-corrected chi connectivity index (χ2v) is 7.51. The van der Waals surface area contributed by atoms with Crippen LogP contribution in [0.2, 0.25) is 0 Å². The Balaban J connectivity index is 1.57. The highest BCUT2D eigenvalue weighted by molar-refractivity contribution is 5.98. The van der Waals surface area contributed by atoms with Crippen molar-refractivity contribution in [3.05, 3.63) is 100 Å². The van der Waals surface area contributed by atoms with Crippen molar-refractivity contribution >= 4 is 29.1 Å². The van der Waals surface area contributed by atoms with Crippen LogP contribution in [0.25, 0.3) is 22.5 Å². The van der Waals surface area contributed by atoms with Crippen LogP contribution in [0.4, 0.5) is 17.3 Å². The molecule has 178 valence electrons. The fraction of sp³-hybridized carbons (Fsp3) is 0.0385. The largest absolute Gasteiger partial charge is 0.452 e. The maximum absolute atomic E-state index is 12.6. The lowest BCUT2D eigenvalue weighted by Gasteiger charge is -2.06. The van der Waals surface area contributed by atoms with E-state index in [1.54, 1.807) is 0 Å². The summed E-state index contributed by atoms with van der Waals surface area (Å²) in [6.45, 7) is -0.718. The molecule has 0 bridgehead atoms. The molecule has 0 fully saturated rings.